The lowest BCUT2D eigenvalue weighted by atomic mass is 10.1. The van der Waals surface area contributed by atoms with E-state index in [9.17, 15) is 24.6 Å². The van der Waals surface area contributed by atoms with Crippen molar-refractivity contribution in [3.05, 3.63) is 24.3 Å². The summed E-state index contributed by atoms with van der Waals surface area (Å²) in [6.07, 6.45) is 41.2. The van der Waals surface area contributed by atoms with E-state index in [4.69, 9.17) is 9.47 Å². The maximum atomic E-state index is 13.1. The Hall–Kier alpha value is -2.23. The Morgan fingerprint density at radius 1 is 0.455 bits per heavy atom. The molecule has 9 heteroatoms. The van der Waals surface area contributed by atoms with Crippen molar-refractivity contribution in [2.75, 3.05) is 59.2 Å². The fourth-order valence-corrected chi connectivity index (χ4v) is 6.57. The van der Waals surface area contributed by atoms with Gasteiger partial charge in [0.15, 0.2) is 0 Å². The number of esters is 2. The summed E-state index contributed by atoms with van der Waals surface area (Å²) in [5, 5.41) is 18.7. The largest absolute Gasteiger partial charge is 0.464 e. The van der Waals surface area contributed by atoms with Crippen molar-refractivity contribution in [2.45, 2.75) is 194 Å². The van der Waals surface area contributed by atoms with Crippen LogP contribution in [0.15, 0.2) is 24.3 Å². The average Bonchev–Trinajstić information content (AvgIpc) is 3.17. The highest BCUT2D eigenvalue weighted by Crippen LogP contribution is 2.12. The van der Waals surface area contributed by atoms with Crippen LogP contribution in [0.1, 0.15) is 194 Å². The van der Waals surface area contributed by atoms with Crippen molar-refractivity contribution in [1.82, 2.24) is 9.80 Å². The molecule has 0 aliphatic heterocycles. The second-order valence-corrected chi connectivity index (χ2v) is 15.2. The SMILES string of the molecule is CCCCCCCC/C=C\CCCCCCCC(=O)OCCN(CCOC(=O)CCCCCCC/C=C\CCCCCCCC)C(=O)CN(CCO)CCO. The first-order valence-electron chi connectivity index (χ1n) is 22.8. The van der Waals surface area contributed by atoms with Gasteiger partial charge in [0.1, 0.15) is 13.2 Å². The van der Waals surface area contributed by atoms with E-state index in [1.54, 1.807) is 4.90 Å². The standard InChI is InChI=1S/C46H86N2O7/c1-3-5-7-9-11-13-15-17-19-21-23-25-27-29-31-33-45(52)54-41-37-48(44(51)43-47(35-39-49)36-40-50)38-42-55-46(53)34-32-30-28-26-24-22-20-18-16-14-12-10-8-6-4-2/h17-20,49-50H,3-16,21-43H2,1-2H3/b19-17-,20-18-. The van der Waals surface area contributed by atoms with Gasteiger partial charge in [0.05, 0.1) is 32.8 Å². The molecule has 0 aromatic heterocycles. The van der Waals surface area contributed by atoms with Crippen LogP contribution in [0, 0.1) is 0 Å². The lowest BCUT2D eigenvalue weighted by Crippen LogP contribution is -2.45. The summed E-state index contributed by atoms with van der Waals surface area (Å²) < 4.78 is 10.9. The Labute approximate surface area is 338 Å². The number of carbonyl (C=O) groups is 3. The second kappa shape index (κ2) is 42.9. The van der Waals surface area contributed by atoms with Crippen molar-refractivity contribution in [2.24, 2.45) is 0 Å². The van der Waals surface area contributed by atoms with Crippen LogP contribution in [-0.2, 0) is 23.9 Å². The molecule has 0 atom stereocenters. The Kier molecular flexibility index (Phi) is 41.2. The molecule has 0 aliphatic rings. The molecule has 0 spiro atoms. The van der Waals surface area contributed by atoms with Crippen molar-refractivity contribution < 1.29 is 34.1 Å². The third kappa shape index (κ3) is 38.4. The molecule has 0 radical (unpaired) electrons. The van der Waals surface area contributed by atoms with E-state index in [0.717, 1.165) is 51.4 Å². The summed E-state index contributed by atoms with van der Waals surface area (Å²) in [6.45, 7) is 5.29. The Bertz CT molecular complexity index is 862. The number of amides is 1. The fourth-order valence-electron chi connectivity index (χ4n) is 6.57. The number of aliphatic hydroxyl groups is 2. The smallest absolute Gasteiger partial charge is 0.305 e. The number of ether oxygens (including phenoxy) is 2. The number of hydrogen-bond donors (Lipinski definition) is 2. The van der Waals surface area contributed by atoms with E-state index >= 15 is 0 Å². The Morgan fingerprint density at radius 2 is 0.782 bits per heavy atom. The number of allylic oxidation sites excluding steroid dienone is 4. The monoisotopic (exact) mass is 779 g/mol. The van der Waals surface area contributed by atoms with Crippen molar-refractivity contribution in [3.63, 3.8) is 0 Å². The lowest BCUT2D eigenvalue weighted by molar-refractivity contribution is -0.148. The van der Waals surface area contributed by atoms with E-state index in [1.165, 1.54) is 120 Å². The molecule has 0 heterocycles. The first-order chi connectivity index (χ1) is 27.0. The third-order valence-corrected chi connectivity index (χ3v) is 10.1. The molecule has 0 saturated heterocycles. The summed E-state index contributed by atoms with van der Waals surface area (Å²) in [6, 6.07) is 0. The minimum absolute atomic E-state index is 0.00679. The second-order valence-electron chi connectivity index (χ2n) is 15.2. The van der Waals surface area contributed by atoms with E-state index < -0.39 is 0 Å². The van der Waals surface area contributed by atoms with Gasteiger partial charge in [-0.05, 0) is 64.2 Å². The summed E-state index contributed by atoms with van der Waals surface area (Å²) in [5.41, 5.74) is 0. The molecule has 322 valence electrons. The van der Waals surface area contributed by atoms with Crippen LogP contribution in [0.2, 0.25) is 0 Å². The van der Waals surface area contributed by atoms with E-state index in [-0.39, 0.29) is 77.0 Å². The Balaban J connectivity index is 4.24. The van der Waals surface area contributed by atoms with Crippen molar-refractivity contribution in [3.8, 4) is 0 Å². The van der Waals surface area contributed by atoms with E-state index in [1.807, 2.05) is 0 Å². The van der Waals surface area contributed by atoms with Crippen LogP contribution in [0.5, 0.6) is 0 Å². The number of aliphatic hydroxyl groups excluding tert-OH is 2. The van der Waals surface area contributed by atoms with Gasteiger partial charge in [-0.15, -0.1) is 0 Å². The average molecular weight is 779 g/mol. The highest BCUT2D eigenvalue weighted by Gasteiger charge is 2.18. The van der Waals surface area contributed by atoms with Gasteiger partial charge in [-0.2, -0.15) is 0 Å². The molecule has 0 aromatic carbocycles. The van der Waals surface area contributed by atoms with Gasteiger partial charge in [-0.3, -0.25) is 19.3 Å². The molecular formula is C46H86N2O7. The molecule has 1 amide bonds. The van der Waals surface area contributed by atoms with Gasteiger partial charge in [0.25, 0.3) is 0 Å². The van der Waals surface area contributed by atoms with Crippen LogP contribution in [-0.4, -0.2) is 97.0 Å². The minimum Gasteiger partial charge on any atom is -0.464 e. The zero-order chi connectivity index (χ0) is 40.3. The molecule has 2 N–H and O–H groups in total. The summed E-state index contributed by atoms with van der Waals surface area (Å²) >= 11 is 0. The van der Waals surface area contributed by atoms with Crippen LogP contribution >= 0.6 is 0 Å². The highest BCUT2D eigenvalue weighted by molar-refractivity contribution is 5.78. The molecule has 0 aliphatic carbocycles. The third-order valence-electron chi connectivity index (χ3n) is 10.1. The summed E-state index contributed by atoms with van der Waals surface area (Å²) in [7, 11) is 0. The molecule has 0 aromatic rings. The Morgan fingerprint density at radius 3 is 1.13 bits per heavy atom. The number of rotatable bonds is 42. The van der Waals surface area contributed by atoms with Crippen LogP contribution < -0.4 is 0 Å². The molecule has 0 bridgehead atoms. The van der Waals surface area contributed by atoms with Crippen LogP contribution in [0.25, 0.3) is 0 Å². The molecular weight excluding hydrogens is 693 g/mol. The zero-order valence-corrected chi connectivity index (χ0v) is 35.8. The molecule has 0 unspecified atom stereocenters. The summed E-state index contributed by atoms with van der Waals surface area (Å²) in [5.74, 6) is -0.763. The zero-order valence-electron chi connectivity index (χ0n) is 35.8. The highest BCUT2D eigenvalue weighted by atomic mass is 16.5. The molecule has 9 nitrogen and oxygen atoms in total. The van der Waals surface area contributed by atoms with Gasteiger partial charge < -0.3 is 24.6 Å². The predicted molar refractivity (Wildman–Crippen MR) is 228 cm³/mol. The number of hydrogen-bond acceptors (Lipinski definition) is 8. The number of nitrogens with zero attached hydrogens (tertiary/aromatic N) is 2. The van der Waals surface area contributed by atoms with E-state index in [0.29, 0.717) is 12.8 Å². The first-order valence-corrected chi connectivity index (χ1v) is 22.8. The number of unbranched alkanes of at least 4 members (excludes halogenated alkanes) is 22. The molecule has 0 fully saturated rings. The topological polar surface area (TPSA) is 117 Å². The minimum atomic E-state index is -0.265. The lowest BCUT2D eigenvalue weighted by Gasteiger charge is -2.26. The van der Waals surface area contributed by atoms with Gasteiger partial charge >= 0.3 is 11.9 Å². The van der Waals surface area contributed by atoms with Crippen molar-refractivity contribution in [1.29, 1.82) is 0 Å². The van der Waals surface area contributed by atoms with E-state index in [2.05, 4.69) is 38.2 Å². The predicted octanol–water partition coefficient (Wildman–Crippen LogP) is 10.3. The molecule has 55 heavy (non-hydrogen) atoms. The molecule has 0 saturated carbocycles. The van der Waals surface area contributed by atoms with Gasteiger partial charge in [0, 0.05) is 25.9 Å². The van der Waals surface area contributed by atoms with Crippen molar-refractivity contribution >= 4 is 17.8 Å². The van der Waals surface area contributed by atoms with Gasteiger partial charge in [-0.1, -0.05) is 141 Å². The maximum absolute atomic E-state index is 13.1. The van der Waals surface area contributed by atoms with Crippen LogP contribution in [0.3, 0.4) is 0 Å². The quantitative estimate of drug-likeness (QED) is 0.0357. The normalized spacial score (nSPS) is 11.7. The number of carbonyl (C=O) groups excluding carboxylic acids is 3. The fraction of sp³-hybridized carbons (Fsp3) is 0.848. The van der Waals surface area contributed by atoms with Crippen LogP contribution in [0.4, 0.5) is 0 Å². The first kappa shape index (κ1) is 52.8. The van der Waals surface area contributed by atoms with Gasteiger partial charge in [0.2, 0.25) is 5.91 Å². The molecule has 0 rings (SSSR count). The maximum Gasteiger partial charge on any atom is 0.305 e. The van der Waals surface area contributed by atoms with Gasteiger partial charge in [-0.25, -0.2) is 0 Å². The summed E-state index contributed by atoms with van der Waals surface area (Å²) in [4.78, 5) is 41.1.